The summed E-state index contributed by atoms with van der Waals surface area (Å²) in [5.74, 6) is -0.778. The first kappa shape index (κ1) is 34.7. The normalized spacial score (nSPS) is 17.8. The van der Waals surface area contributed by atoms with E-state index in [-0.39, 0.29) is 49.2 Å². The molecule has 1 fully saturated rings. The smallest absolute Gasteiger partial charge is 0.401 e. The lowest BCUT2D eigenvalue weighted by molar-refractivity contribution is -0.144. The van der Waals surface area contributed by atoms with Crippen molar-refractivity contribution in [2.24, 2.45) is 0 Å². The molecule has 1 atom stereocenters. The van der Waals surface area contributed by atoms with Crippen LogP contribution in [0.25, 0.3) is 0 Å². The Bertz CT molecular complexity index is 1230. The van der Waals surface area contributed by atoms with Gasteiger partial charge < -0.3 is 9.74 Å². The molecule has 0 spiro atoms. The maximum Gasteiger partial charge on any atom is 0.416 e. The summed E-state index contributed by atoms with van der Waals surface area (Å²) in [6.07, 6.45) is -22.4. The summed E-state index contributed by atoms with van der Waals surface area (Å²) in [6, 6.07) is -1.26. The second kappa shape index (κ2) is 10.7. The van der Waals surface area contributed by atoms with Crippen molar-refractivity contribution in [1.29, 1.82) is 0 Å². The first-order valence-corrected chi connectivity index (χ1v) is 15.6. The Labute approximate surface area is 239 Å². The highest BCUT2D eigenvalue weighted by Crippen LogP contribution is 2.51. The fourth-order valence-corrected chi connectivity index (χ4v) is 6.06. The highest BCUT2D eigenvalue weighted by molar-refractivity contribution is 6.74. The van der Waals surface area contributed by atoms with Crippen molar-refractivity contribution in [3.05, 3.63) is 69.8 Å². The number of hydrogen-bond donors (Lipinski definition) is 1. The fraction of sp³-hybridized carbons (Fsp3) is 0.519. The van der Waals surface area contributed by atoms with E-state index >= 15 is 0 Å². The first-order chi connectivity index (χ1) is 19.1. The number of amides is 1. The van der Waals surface area contributed by atoms with E-state index in [9.17, 15) is 57.5 Å². The number of carbonyl (C=O) groups is 1. The highest BCUT2D eigenvalue weighted by atomic mass is 28.4. The van der Waals surface area contributed by atoms with Crippen molar-refractivity contribution in [1.82, 2.24) is 5.32 Å². The van der Waals surface area contributed by atoms with Crippen LogP contribution in [0.1, 0.15) is 67.0 Å². The summed E-state index contributed by atoms with van der Waals surface area (Å²) in [5.41, 5.74) is -12.3. The van der Waals surface area contributed by atoms with Gasteiger partial charge in [-0.15, -0.1) is 0 Å². The number of rotatable bonds is 5. The second-order valence-electron chi connectivity index (χ2n) is 11.8. The highest BCUT2D eigenvalue weighted by Gasteiger charge is 2.55. The zero-order chi connectivity index (χ0) is 33.2. The third-order valence-corrected chi connectivity index (χ3v) is 12.2. The molecule has 0 aromatic heterocycles. The summed E-state index contributed by atoms with van der Waals surface area (Å²) in [4.78, 5) is 12.4. The van der Waals surface area contributed by atoms with Crippen molar-refractivity contribution in [2.75, 3.05) is 0 Å². The van der Waals surface area contributed by atoms with Gasteiger partial charge in [0.1, 0.15) is 5.60 Å². The molecule has 16 heteroatoms. The molecule has 0 radical (unpaired) electrons. The Morgan fingerprint density at radius 1 is 0.628 bits per heavy atom. The molecule has 2 aromatic carbocycles. The van der Waals surface area contributed by atoms with Crippen LogP contribution >= 0.6 is 0 Å². The van der Waals surface area contributed by atoms with Crippen molar-refractivity contribution >= 4 is 14.2 Å². The van der Waals surface area contributed by atoms with E-state index in [0.29, 0.717) is 0 Å². The molecular formula is C27H27F12NO2Si. The van der Waals surface area contributed by atoms with Crippen LogP contribution in [0.4, 0.5) is 52.7 Å². The number of hydrogen-bond acceptors (Lipinski definition) is 2. The van der Waals surface area contributed by atoms with Crippen molar-refractivity contribution in [2.45, 2.75) is 88.1 Å². The molecule has 1 aliphatic heterocycles. The minimum absolute atomic E-state index is 0.209. The first-order valence-electron chi connectivity index (χ1n) is 12.7. The molecule has 1 aliphatic rings. The molecule has 0 unspecified atom stereocenters. The van der Waals surface area contributed by atoms with Crippen LogP contribution in [0.3, 0.4) is 0 Å². The Kier molecular flexibility index (Phi) is 8.64. The van der Waals surface area contributed by atoms with E-state index in [1.54, 1.807) is 20.8 Å². The van der Waals surface area contributed by atoms with Gasteiger partial charge >= 0.3 is 24.7 Å². The molecule has 3 rings (SSSR count). The third kappa shape index (κ3) is 7.15. The van der Waals surface area contributed by atoms with E-state index in [2.05, 4.69) is 5.32 Å². The predicted octanol–water partition coefficient (Wildman–Crippen LogP) is 9.31. The van der Waals surface area contributed by atoms with E-state index in [4.69, 9.17) is 4.43 Å². The zero-order valence-corrected chi connectivity index (χ0v) is 24.3. The minimum atomic E-state index is -5.41. The molecule has 0 saturated carbocycles. The van der Waals surface area contributed by atoms with Gasteiger partial charge in [-0.1, -0.05) is 20.8 Å². The SMILES string of the molecule is CC(C)(C)[Si](C)(C)OC(c1cc(C(F)(F)F)cc(C(F)(F)F)c1)(c1cc(C(F)(F)F)cc(C(F)(F)F)c1)[C@@H]1CCC(=O)N1. The fourth-order valence-electron chi connectivity index (χ4n) is 4.57. The van der Waals surface area contributed by atoms with Crippen molar-refractivity contribution in [3.63, 3.8) is 0 Å². The molecule has 2 aromatic rings. The molecule has 3 nitrogen and oxygen atoms in total. The van der Waals surface area contributed by atoms with Crippen LogP contribution < -0.4 is 5.32 Å². The number of benzene rings is 2. The standard InChI is InChI=1S/C27H27F12NO2Si/c1-22(2,3)43(4,5)42-23(20-6-7-21(41)40-20,14-8-16(24(28,29)30)12-17(9-14)25(31,32)33)15-10-18(26(34,35)36)13-19(11-15)27(37,38)39/h8-13,20H,6-7H2,1-5H3,(H,40,41)/t20-/m0/s1. The number of carbonyl (C=O) groups excluding carboxylic acids is 1. The molecule has 0 bridgehead atoms. The lowest BCUT2D eigenvalue weighted by Crippen LogP contribution is -2.57. The predicted molar refractivity (Wildman–Crippen MR) is 133 cm³/mol. The zero-order valence-electron chi connectivity index (χ0n) is 23.3. The van der Waals surface area contributed by atoms with E-state index in [1.165, 1.54) is 13.1 Å². The maximum absolute atomic E-state index is 14.0. The maximum atomic E-state index is 14.0. The monoisotopic (exact) mass is 653 g/mol. The Morgan fingerprint density at radius 2 is 0.930 bits per heavy atom. The Balaban J connectivity index is 2.65. The van der Waals surface area contributed by atoms with Gasteiger partial charge in [0.05, 0.1) is 28.3 Å². The van der Waals surface area contributed by atoms with Crippen LogP contribution in [0, 0.1) is 0 Å². The van der Waals surface area contributed by atoms with Crippen molar-refractivity contribution < 1.29 is 61.9 Å². The van der Waals surface area contributed by atoms with Gasteiger partial charge in [0.25, 0.3) is 0 Å². The van der Waals surface area contributed by atoms with E-state index in [1.807, 2.05) is 0 Å². The summed E-state index contributed by atoms with van der Waals surface area (Å²) >= 11 is 0. The molecule has 240 valence electrons. The molecule has 1 saturated heterocycles. The quantitative estimate of drug-likeness (QED) is 0.258. The van der Waals surface area contributed by atoms with Gasteiger partial charge in [-0.05, 0) is 72.1 Å². The van der Waals surface area contributed by atoms with Gasteiger partial charge in [0.15, 0.2) is 8.32 Å². The lowest BCUT2D eigenvalue weighted by atomic mass is 9.77. The van der Waals surface area contributed by atoms with Crippen LogP contribution in [0.15, 0.2) is 36.4 Å². The second-order valence-corrected chi connectivity index (χ2v) is 16.6. The summed E-state index contributed by atoms with van der Waals surface area (Å²) in [6.45, 7) is 7.72. The van der Waals surface area contributed by atoms with E-state index < -0.39 is 89.0 Å². The Morgan fingerprint density at radius 3 is 1.16 bits per heavy atom. The lowest BCUT2D eigenvalue weighted by Gasteiger charge is -2.49. The summed E-state index contributed by atoms with van der Waals surface area (Å²) < 4.78 is 174. The molecule has 1 amide bonds. The molecular weight excluding hydrogens is 626 g/mol. The Hall–Kier alpha value is -2.75. The van der Waals surface area contributed by atoms with Crippen LogP contribution in [-0.4, -0.2) is 20.3 Å². The van der Waals surface area contributed by atoms with Crippen LogP contribution in [0.5, 0.6) is 0 Å². The van der Waals surface area contributed by atoms with Crippen molar-refractivity contribution in [3.8, 4) is 0 Å². The average molecular weight is 654 g/mol. The van der Waals surface area contributed by atoms with Gasteiger partial charge in [0.2, 0.25) is 5.91 Å². The molecule has 1 heterocycles. The van der Waals surface area contributed by atoms with Crippen LogP contribution in [-0.2, 0) is 39.5 Å². The largest absolute Gasteiger partial charge is 0.416 e. The topological polar surface area (TPSA) is 38.3 Å². The number of alkyl halides is 12. The molecule has 1 N–H and O–H groups in total. The minimum Gasteiger partial charge on any atom is -0.401 e. The number of nitrogens with one attached hydrogen (secondary N) is 1. The summed E-state index contributed by atoms with van der Waals surface area (Å²) in [7, 11) is -3.52. The molecule has 43 heavy (non-hydrogen) atoms. The molecule has 0 aliphatic carbocycles. The number of halogens is 12. The van der Waals surface area contributed by atoms with Gasteiger partial charge in [-0.25, -0.2) is 0 Å². The van der Waals surface area contributed by atoms with Gasteiger partial charge in [0, 0.05) is 6.42 Å². The van der Waals surface area contributed by atoms with Crippen LogP contribution in [0.2, 0.25) is 18.1 Å². The van der Waals surface area contributed by atoms with E-state index in [0.717, 1.165) is 0 Å². The van der Waals surface area contributed by atoms with Gasteiger partial charge in [-0.3, -0.25) is 4.79 Å². The summed E-state index contributed by atoms with van der Waals surface area (Å²) in [5, 5.41) is 1.42. The average Bonchev–Trinajstić information content (AvgIpc) is 3.25. The van der Waals surface area contributed by atoms with Gasteiger partial charge in [-0.2, -0.15) is 52.7 Å². The third-order valence-electron chi connectivity index (χ3n) is 7.74.